The summed E-state index contributed by atoms with van der Waals surface area (Å²) in [5, 5.41) is 17.1. The molecule has 7 nitrogen and oxygen atoms in total. The third kappa shape index (κ3) is 8.99. The van der Waals surface area contributed by atoms with E-state index in [1.54, 1.807) is 12.1 Å². The second-order valence-electron chi connectivity index (χ2n) is 8.00. The molecule has 0 spiro atoms. The molecule has 0 aromatic heterocycles. The molecular weight excluding hydrogens is 518 g/mol. The van der Waals surface area contributed by atoms with Gasteiger partial charge in [0.25, 0.3) is 0 Å². The minimum Gasteiger partial charge on any atom is -0.508 e. The van der Waals surface area contributed by atoms with Gasteiger partial charge in [0.2, 0.25) is 10.0 Å². The number of aliphatic carboxylic acids is 1. The Morgan fingerprint density at radius 3 is 2.11 bits per heavy atom. The van der Waals surface area contributed by atoms with Gasteiger partial charge in [-0.05, 0) is 49.7 Å². The fourth-order valence-electron chi connectivity index (χ4n) is 3.46. The van der Waals surface area contributed by atoms with Crippen LogP contribution in [-0.4, -0.2) is 54.8 Å². The molecule has 2 aromatic carbocycles. The zero-order valence-corrected chi connectivity index (χ0v) is 19.5. The van der Waals surface area contributed by atoms with Crippen LogP contribution in [0.15, 0.2) is 53.4 Å². The number of sulfonamides is 1. The molecule has 1 atom stereocenters. The summed E-state index contributed by atoms with van der Waals surface area (Å²) in [6.45, 7) is 1.71. The summed E-state index contributed by atoms with van der Waals surface area (Å²) >= 11 is 0. The largest absolute Gasteiger partial charge is 0.508 e. The summed E-state index contributed by atoms with van der Waals surface area (Å²) in [5.41, 5.74) is -0.126. The molecule has 1 unspecified atom stereocenters. The number of alkyl halides is 6. The Morgan fingerprint density at radius 1 is 1.00 bits per heavy atom. The van der Waals surface area contributed by atoms with Gasteiger partial charge in [-0.25, -0.2) is 17.9 Å². The quantitative estimate of drug-likeness (QED) is 0.485. The fraction of sp³-hybridized carbons (Fsp3) is 0.409. The maximum Gasteiger partial charge on any atom is 0.490 e. The molecule has 0 amide bonds. The molecule has 1 aliphatic heterocycles. The average molecular weight is 542 g/mol. The number of phenolic OH excluding ortho intramolecular Hbond substituents is 1. The van der Waals surface area contributed by atoms with Crippen molar-refractivity contribution in [3.63, 3.8) is 0 Å². The first-order valence-electron chi connectivity index (χ1n) is 10.6. The van der Waals surface area contributed by atoms with Crippen LogP contribution in [0.4, 0.5) is 26.3 Å². The lowest BCUT2D eigenvalue weighted by atomic mass is 10.1. The molecular formula is C22H24F6N2O5S. The van der Waals surface area contributed by atoms with Crippen molar-refractivity contribution in [2.24, 2.45) is 0 Å². The smallest absolute Gasteiger partial charge is 0.490 e. The number of nitrogens with one attached hydrogen (secondary N) is 1. The SMILES string of the molecule is O=C(O)C(F)(F)F.O=S(=O)(NC1CCCCN(Cc2ccccc2O)C1)c1ccc(C(F)(F)F)cc1. The van der Waals surface area contributed by atoms with Gasteiger partial charge < -0.3 is 10.2 Å². The number of hydrogen-bond acceptors (Lipinski definition) is 5. The highest BCUT2D eigenvalue weighted by Gasteiger charge is 2.38. The van der Waals surface area contributed by atoms with Gasteiger partial charge in [-0.15, -0.1) is 0 Å². The molecule has 14 heteroatoms. The molecule has 200 valence electrons. The number of aromatic hydroxyl groups is 1. The first-order chi connectivity index (χ1) is 16.6. The standard InChI is InChI=1S/C20H23F3N2O3S.C2HF3O2/c21-20(22,23)16-8-10-18(11-9-16)29(27,28)24-17-6-3-4-12-25(14-17)13-15-5-1-2-7-19(15)26;3-2(4,5)1(6)7/h1-2,5,7-11,17,24,26H,3-4,6,12-14H2;(H,6,7). The molecule has 0 radical (unpaired) electrons. The van der Waals surface area contributed by atoms with E-state index in [0.29, 0.717) is 19.5 Å². The van der Waals surface area contributed by atoms with Crippen LogP contribution in [0, 0.1) is 0 Å². The van der Waals surface area contributed by atoms with Crippen molar-refractivity contribution in [2.45, 2.75) is 49.1 Å². The van der Waals surface area contributed by atoms with Crippen LogP contribution in [0.2, 0.25) is 0 Å². The number of hydrogen-bond donors (Lipinski definition) is 3. The lowest BCUT2D eigenvalue weighted by Crippen LogP contribution is -2.42. The summed E-state index contributed by atoms with van der Waals surface area (Å²) in [6.07, 6.45) is -7.23. The van der Waals surface area contributed by atoms with Crippen LogP contribution >= 0.6 is 0 Å². The van der Waals surface area contributed by atoms with Crippen molar-refractivity contribution in [3.05, 3.63) is 59.7 Å². The van der Waals surface area contributed by atoms with Gasteiger partial charge in [-0.2, -0.15) is 26.3 Å². The Labute approximate surface area is 203 Å². The number of halogens is 6. The Morgan fingerprint density at radius 2 is 1.58 bits per heavy atom. The lowest BCUT2D eigenvalue weighted by Gasteiger charge is -2.25. The molecule has 3 rings (SSSR count). The molecule has 2 aromatic rings. The van der Waals surface area contributed by atoms with Crippen LogP contribution in [0.25, 0.3) is 0 Å². The topological polar surface area (TPSA) is 107 Å². The van der Waals surface area contributed by atoms with E-state index in [0.717, 1.165) is 49.2 Å². The second kappa shape index (κ2) is 11.9. The van der Waals surface area contributed by atoms with E-state index in [1.165, 1.54) is 0 Å². The first kappa shape index (κ1) is 29.4. The first-order valence-corrected chi connectivity index (χ1v) is 12.1. The Hall–Kier alpha value is -2.84. The van der Waals surface area contributed by atoms with E-state index in [2.05, 4.69) is 9.62 Å². The third-order valence-corrected chi connectivity index (χ3v) is 6.73. The van der Waals surface area contributed by atoms with Gasteiger partial charge in [0.05, 0.1) is 10.5 Å². The molecule has 1 saturated heterocycles. The van der Waals surface area contributed by atoms with Crippen molar-refractivity contribution >= 4 is 16.0 Å². The third-order valence-electron chi connectivity index (χ3n) is 5.20. The number of carbonyl (C=O) groups is 1. The number of benzene rings is 2. The summed E-state index contributed by atoms with van der Waals surface area (Å²) < 4.78 is 97.7. The van der Waals surface area contributed by atoms with Crippen LogP contribution in [-0.2, 0) is 27.5 Å². The molecule has 0 bridgehead atoms. The lowest BCUT2D eigenvalue weighted by molar-refractivity contribution is -0.192. The van der Waals surface area contributed by atoms with Crippen molar-refractivity contribution in [2.75, 3.05) is 13.1 Å². The summed E-state index contributed by atoms with van der Waals surface area (Å²) in [7, 11) is -3.94. The number of nitrogens with zero attached hydrogens (tertiary/aromatic N) is 1. The minimum absolute atomic E-state index is 0.193. The predicted octanol–water partition coefficient (Wildman–Crippen LogP) is 4.38. The molecule has 0 aliphatic carbocycles. The highest BCUT2D eigenvalue weighted by molar-refractivity contribution is 7.89. The number of carboxylic acids is 1. The van der Waals surface area contributed by atoms with Crippen molar-refractivity contribution < 1.29 is 49.8 Å². The Balaban J connectivity index is 0.000000572. The highest BCUT2D eigenvalue weighted by atomic mass is 32.2. The summed E-state index contributed by atoms with van der Waals surface area (Å²) in [5.74, 6) is -2.56. The van der Waals surface area contributed by atoms with Gasteiger partial charge in [-0.1, -0.05) is 24.6 Å². The van der Waals surface area contributed by atoms with Crippen LogP contribution in [0.5, 0.6) is 5.75 Å². The number of likely N-dealkylation sites (tertiary alicyclic amines) is 1. The number of carboxylic acid groups (broad SMARTS) is 1. The van der Waals surface area contributed by atoms with Gasteiger partial charge >= 0.3 is 18.3 Å². The molecule has 3 N–H and O–H groups in total. The normalized spacial score (nSPS) is 17.6. The van der Waals surface area contributed by atoms with E-state index in [9.17, 15) is 39.9 Å². The molecule has 1 aliphatic rings. The van der Waals surface area contributed by atoms with Crippen molar-refractivity contribution in [1.29, 1.82) is 0 Å². The van der Waals surface area contributed by atoms with Crippen molar-refractivity contribution in [1.82, 2.24) is 9.62 Å². The zero-order valence-electron chi connectivity index (χ0n) is 18.7. The molecule has 1 fully saturated rings. The number of rotatable bonds is 5. The molecule has 1 heterocycles. The zero-order chi connectivity index (χ0) is 27.1. The van der Waals surface area contributed by atoms with E-state index < -0.39 is 33.9 Å². The Kier molecular flexibility index (Phi) is 9.74. The van der Waals surface area contributed by atoms with Crippen LogP contribution in [0.1, 0.15) is 30.4 Å². The monoisotopic (exact) mass is 542 g/mol. The van der Waals surface area contributed by atoms with Crippen LogP contribution in [0.3, 0.4) is 0 Å². The van der Waals surface area contributed by atoms with Gasteiger partial charge in [0, 0.05) is 24.7 Å². The van der Waals surface area contributed by atoms with Gasteiger partial charge in [-0.3, -0.25) is 4.90 Å². The van der Waals surface area contributed by atoms with Crippen LogP contribution < -0.4 is 4.72 Å². The van der Waals surface area contributed by atoms with Gasteiger partial charge in [0.1, 0.15) is 5.75 Å². The highest BCUT2D eigenvalue weighted by Crippen LogP contribution is 2.30. The number of phenols is 1. The predicted molar refractivity (Wildman–Crippen MR) is 116 cm³/mol. The average Bonchev–Trinajstić information content (AvgIpc) is 2.99. The maximum atomic E-state index is 12.7. The fourth-order valence-corrected chi connectivity index (χ4v) is 4.72. The van der Waals surface area contributed by atoms with E-state index in [1.807, 2.05) is 12.1 Å². The molecule has 0 saturated carbocycles. The Bertz CT molecular complexity index is 1120. The second-order valence-corrected chi connectivity index (χ2v) is 9.72. The summed E-state index contributed by atoms with van der Waals surface area (Å²) in [4.78, 5) is 10.8. The molecule has 36 heavy (non-hydrogen) atoms. The maximum absolute atomic E-state index is 12.7. The minimum atomic E-state index is -5.08. The number of para-hydroxylation sites is 1. The van der Waals surface area contributed by atoms with Crippen molar-refractivity contribution in [3.8, 4) is 5.75 Å². The van der Waals surface area contributed by atoms with E-state index in [4.69, 9.17) is 9.90 Å². The van der Waals surface area contributed by atoms with Gasteiger partial charge in [0.15, 0.2) is 0 Å². The summed E-state index contributed by atoms with van der Waals surface area (Å²) in [6, 6.07) is 10.1. The van der Waals surface area contributed by atoms with E-state index >= 15 is 0 Å². The van der Waals surface area contributed by atoms with E-state index in [-0.39, 0.29) is 16.7 Å².